The third kappa shape index (κ3) is 2.34. The molecule has 0 radical (unpaired) electrons. The molecule has 0 aromatic rings. The van der Waals surface area contributed by atoms with Crippen molar-refractivity contribution in [2.75, 3.05) is 6.54 Å². The van der Waals surface area contributed by atoms with E-state index in [-0.39, 0.29) is 5.03 Å². The van der Waals surface area contributed by atoms with Crippen molar-refractivity contribution in [1.82, 2.24) is 4.67 Å². The molecule has 0 saturated heterocycles. The number of rotatable bonds is 3. The van der Waals surface area contributed by atoms with E-state index in [9.17, 15) is 10.1 Å². The lowest BCUT2D eigenvalue weighted by Crippen LogP contribution is -2.49. The summed E-state index contributed by atoms with van der Waals surface area (Å²) in [4.78, 5) is 10.3. The van der Waals surface area contributed by atoms with Gasteiger partial charge < -0.3 is 0 Å². The van der Waals surface area contributed by atoms with E-state index < -0.39 is 8.24 Å². The molecule has 0 aromatic carbocycles. The second-order valence-electron chi connectivity index (χ2n) is 3.12. The molecule has 0 fully saturated rings. The predicted molar refractivity (Wildman–Crippen MR) is 42.7 cm³/mol. The first kappa shape index (κ1) is 9.42. The fraction of sp³-hybridized carbons (Fsp3) is 1.00. The van der Waals surface area contributed by atoms with E-state index in [1.54, 1.807) is 6.92 Å². The van der Waals surface area contributed by atoms with Gasteiger partial charge in [0.25, 0.3) is 0 Å². The summed E-state index contributed by atoms with van der Waals surface area (Å²) in [6.45, 7) is 8.18. The van der Waals surface area contributed by atoms with Gasteiger partial charge >= 0.3 is 0 Å². The minimum Gasteiger partial charge on any atom is -0.235 e. The van der Waals surface area contributed by atoms with Gasteiger partial charge in [0.15, 0.2) is 5.03 Å². The van der Waals surface area contributed by atoms with Crippen molar-refractivity contribution in [3.05, 3.63) is 10.1 Å². The fourth-order valence-corrected chi connectivity index (χ4v) is 2.27. The van der Waals surface area contributed by atoms with Gasteiger partial charge in [0, 0.05) is 0 Å². The van der Waals surface area contributed by atoms with Crippen LogP contribution in [0.15, 0.2) is 0 Å². The van der Waals surface area contributed by atoms with E-state index in [1.807, 2.05) is 19.6 Å². The van der Waals surface area contributed by atoms with E-state index in [0.717, 1.165) is 0 Å². The molecule has 60 valence electrons. The van der Waals surface area contributed by atoms with E-state index >= 15 is 0 Å². The molecule has 0 spiro atoms. The van der Waals surface area contributed by atoms with Crippen LogP contribution in [0.1, 0.15) is 6.92 Å². The van der Waals surface area contributed by atoms with Crippen LogP contribution in [0, 0.1) is 10.1 Å². The summed E-state index contributed by atoms with van der Waals surface area (Å²) >= 11 is 0. The molecule has 0 amide bonds. The Morgan fingerprint density at radius 1 is 1.50 bits per heavy atom. The van der Waals surface area contributed by atoms with Crippen molar-refractivity contribution >= 4 is 8.24 Å². The van der Waals surface area contributed by atoms with Crippen LogP contribution in [-0.2, 0) is 0 Å². The molecule has 0 N–H and O–H groups in total. The zero-order chi connectivity index (χ0) is 8.36. The Balaban J connectivity index is 4.22. The van der Waals surface area contributed by atoms with Gasteiger partial charge in [-0.1, -0.05) is 0 Å². The first-order chi connectivity index (χ1) is 4.39. The maximum absolute atomic E-state index is 10.3. The molecule has 0 aliphatic heterocycles. The number of hydrazine groups is 1. The molecule has 0 aliphatic rings. The molecule has 5 heteroatoms. The summed E-state index contributed by atoms with van der Waals surface area (Å²) in [5.74, 6) is 0. The lowest BCUT2D eigenvalue weighted by atomic mass is 10.8. The van der Waals surface area contributed by atoms with Gasteiger partial charge in [-0.15, -0.1) is 0 Å². The Labute approximate surface area is 62.0 Å². The van der Waals surface area contributed by atoms with E-state index in [1.165, 1.54) is 4.67 Å². The van der Waals surface area contributed by atoms with Gasteiger partial charge in [-0.3, -0.25) is 0 Å². The molecule has 0 heterocycles. The highest BCUT2D eigenvalue weighted by Gasteiger charge is 2.30. The summed E-state index contributed by atoms with van der Waals surface area (Å²) < 4.78 is 1.34. The van der Waals surface area contributed by atoms with Crippen molar-refractivity contribution in [1.29, 1.82) is 0 Å². The molecule has 0 bridgehead atoms. The van der Waals surface area contributed by atoms with Crippen LogP contribution in [0.25, 0.3) is 0 Å². The third-order valence-corrected chi connectivity index (χ3v) is 3.30. The van der Waals surface area contributed by atoms with Crippen LogP contribution in [0.4, 0.5) is 0 Å². The quantitative estimate of drug-likeness (QED) is 0.357. The Kier molecular flexibility index (Phi) is 2.83. The number of hydrogen-bond donors (Lipinski definition) is 0. The van der Waals surface area contributed by atoms with Gasteiger partial charge in [0.2, 0.25) is 8.24 Å². The minimum absolute atomic E-state index is 0.299. The Hall–Kier alpha value is -0.583. The third-order valence-electron chi connectivity index (χ3n) is 1.27. The molecule has 0 saturated carbocycles. The SMILES string of the molecule is CCN([N+](=O)[O-])[Si](C)(C)C. The summed E-state index contributed by atoms with van der Waals surface area (Å²) in [5.41, 5.74) is 0. The van der Waals surface area contributed by atoms with Gasteiger partial charge in [-0.25, -0.2) is 10.1 Å². The van der Waals surface area contributed by atoms with Crippen LogP contribution >= 0.6 is 0 Å². The van der Waals surface area contributed by atoms with E-state index in [2.05, 4.69) is 0 Å². The van der Waals surface area contributed by atoms with Gasteiger partial charge in [-0.2, -0.15) is 4.67 Å². The van der Waals surface area contributed by atoms with Crippen LogP contribution in [-0.4, -0.2) is 24.5 Å². The van der Waals surface area contributed by atoms with Crippen LogP contribution in [0.2, 0.25) is 19.6 Å². The average Bonchev–Trinajstić information content (AvgIpc) is 1.60. The van der Waals surface area contributed by atoms with Crippen molar-refractivity contribution in [3.63, 3.8) is 0 Å². The van der Waals surface area contributed by atoms with Gasteiger partial charge in [0.05, 0.1) is 6.54 Å². The van der Waals surface area contributed by atoms with Crippen LogP contribution in [0.5, 0.6) is 0 Å². The van der Waals surface area contributed by atoms with Crippen LogP contribution < -0.4 is 0 Å². The van der Waals surface area contributed by atoms with Crippen molar-refractivity contribution in [3.8, 4) is 0 Å². The monoisotopic (exact) mass is 162 g/mol. The maximum Gasteiger partial charge on any atom is 0.227 e. The minimum atomic E-state index is -1.72. The van der Waals surface area contributed by atoms with E-state index in [0.29, 0.717) is 6.54 Å². The Bertz CT molecular complexity index is 132. The number of nitro groups is 1. The zero-order valence-electron chi connectivity index (χ0n) is 6.92. The maximum atomic E-state index is 10.3. The highest BCUT2D eigenvalue weighted by atomic mass is 28.3. The smallest absolute Gasteiger partial charge is 0.227 e. The molecule has 0 aliphatic carbocycles. The molecule has 0 aromatic heterocycles. The highest BCUT2D eigenvalue weighted by Crippen LogP contribution is 2.07. The molecule has 10 heavy (non-hydrogen) atoms. The molecule has 0 unspecified atom stereocenters. The normalized spacial score (nSPS) is 11.2. The van der Waals surface area contributed by atoms with E-state index in [4.69, 9.17) is 0 Å². The van der Waals surface area contributed by atoms with Crippen LogP contribution in [0.3, 0.4) is 0 Å². The molecule has 4 nitrogen and oxygen atoms in total. The summed E-state index contributed by atoms with van der Waals surface area (Å²) in [6.07, 6.45) is 0. The summed E-state index contributed by atoms with van der Waals surface area (Å²) in [7, 11) is -1.72. The average molecular weight is 162 g/mol. The predicted octanol–water partition coefficient (Wildman–Crippen LogP) is 1.33. The first-order valence-electron chi connectivity index (χ1n) is 3.31. The second kappa shape index (κ2) is 3.00. The summed E-state index contributed by atoms with van der Waals surface area (Å²) in [6, 6.07) is 0. The standard InChI is InChI=1S/C5H14N2O2Si/c1-5-6(7(8)9)10(2,3)4/h5H2,1-4H3. The highest BCUT2D eigenvalue weighted by molar-refractivity contribution is 6.72. The lowest BCUT2D eigenvalue weighted by Gasteiger charge is -2.23. The number of nitrogens with zero attached hydrogens (tertiary/aromatic N) is 2. The van der Waals surface area contributed by atoms with Gasteiger partial charge in [0.1, 0.15) is 0 Å². The second-order valence-corrected chi connectivity index (χ2v) is 7.98. The fourth-order valence-electron chi connectivity index (χ4n) is 0.835. The molecular weight excluding hydrogens is 148 g/mol. The van der Waals surface area contributed by atoms with Gasteiger partial charge in [-0.05, 0) is 26.6 Å². The topological polar surface area (TPSA) is 46.4 Å². The molecule has 0 rings (SSSR count). The van der Waals surface area contributed by atoms with Crippen molar-refractivity contribution in [2.45, 2.75) is 26.6 Å². The van der Waals surface area contributed by atoms with Crippen molar-refractivity contribution < 1.29 is 5.03 Å². The lowest BCUT2D eigenvalue weighted by molar-refractivity contribution is -0.626. The molecule has 0 atom stereocenters. The largest absolute Gasteiger partial charge is 0.235 e. The van der Waals surface area contributed by atoms with Crippen molar-refractivity contribution in [2.24, 2.45) is 0 Å². The zero-order valence-corrected chi connectivity index (χ0v) is 7.92. The first-order valence-corrected chi connectivity index (χ1v) is 6.76. The Morgan fingerprint density at radius 3 is 1.90 bits per heavy atom. The Morgan fingerprint density at radius 2 is 1.90 bits per heavy atom. The molecular formula is C5H14N2O2Si. The number of hydrogen-bond acceptors (Lipinski definition) is 2. The summed E-state index contributed by atoms with van der Waals surface area (Å²) in [5, 5.41) is 10.0.